The van der Waals surface area contributed by atoms with Gasteiger partial charge in [0.2, 0.25) is 0 Å². The lowest BCUT2D eigenvalue weighted by Crippen LogP contribution is -1.96. The molecule has 0 saturated heterocycles. The van der Waals surface area contributed by atoms with Crippen LogP contribution in [0, 0.1) is 6.92 Å². The minimum Gasteiger partial charge on any atom is -0.295 e. The summed E-state index contributed by atoms with van der Waals surface area (Å²) in [5.41, 5.74) is 4.31. The molecule has 0 atom stereocenters. The van der Waals surface area contributed by atoms with Crippen molar-refractivity contribution in [2.75, 3.05) is 0 Å². The normalized spacial score (nSPS) is 12.3. The maximum Gasteiger partial charge on any atom is 0.155 e. The van der Waals surface area contributed by atoms with Gasteiger partial charge >= 0.3 is 0 Å². The van der Waals surface area contributed by atoms with E-state index in [1.54, 1.807) is 6.92 Å². The molecule has 0 fully saturated rings. The molecule has 0 aromatic heterocycles. The predicted molar refractivity (Wildman–Crippen MR) is 60.1 cm³/mol. The van der Waals surface area contributed by atoms with Crippen LogP contribution < -0.4 is 0 Å². The van der Waals surface area contributed by atoms with Crippen LogP contribution in [0.4, 0.5) is 0 Å². The first-order valence-corrected chi connectivity index (χ1v) is 4.78. The van der Waals surface area contributed by atoms with E-state index in [1.807, 2.05) is 26.0 Å². The number of rotatable bonds is 2. The molecule has 0 radical (unpaired) electrons. The molecule has 14 heavy (non-hydrogen) atoms. The minimum atomic E-state index is 0.144. The molecule has 74 valence electrons. The Morgan fingerprint density at radius 3 is 2.14 bits per heavy atom. The molecule has 1 aromatic rings. The molecule has 0 amide bonds. The monoisotopic (exact) mass is 188 g/mol. The van der Waals surface area contributed by atoms with Gasteiger partial charge in [-0.05, 0) is 50.0 Å². The smallest absolute Gasteiger partial charge is 0.155 e. The Balaban J connectivity index is 3.25. The first-order valence-electron chi connectivity index (χ1n) is 4.78. The zero-order valence-electron chi connectivity index (χ0n) is 9.22. The fraction of sp³-hybridized carbons (Fsp3) is 0.308. The van der Waals surface area contributed by atoms with Gasteiger partial charge in [0.25, 0.3) is 0 Å². The van der Waals surface area contributed by atoms with Crippen LogP contribution in [0.15, 0.2) is 29.8 Å². The maximum atomic E-state index is 11.2. The van der Waals surface area contributed by atoms with E-state index < -0.39 is 0 Å². The zero-order valence-corrected chi connectivity index (χ0v) is 9.22. The van der Waals surface area contributed by atoms with E-state index in [0.717, 1.165) is 11.1 Å². The van der Waals surface area contributed by atoms with Gasteiger partial charge in [0.05, 0.1) is 0 Å². The number of carbonyl (C=O) groups excluding carboxylic acids is 1. The average Bonchev–Trinajstić information content (AvgIpc) is 2.16. The van der Waals surface area contributed by atoms with Crippen LogP contribution in [-0.4, -0.2) is 5.78 Å². The molecule has 0 aliphatic rings. The van der Waals surface area contributed by atoms with Crippen LogP contribution >= 0.6 is 0 Å². The van der Waals surface area contributed by atoms with E-state index in [-0.39, 0.29) is 5.78 Å². The lowest BCUT2D eigenvalue weighted by Gasteiger charge is -2.08. The van der Waals surface area contributed by atoms with Crippen molar-refractivity contribution in [2.24, 2.45) is 0 Å². The molecule has 0 aliphatic carbocycles. The van der Waals surface area contributed by atoms with Crippen LogP contribution in [0.5, 0.6) is 0 Å². The predicted octanol–water partition coefficient (Wildman–Crippen LogP) is 3.38. The molecule has 1 rings (SSSR count). The molecule has 0 aliphatic heterocycles. The Kier molecular flexibility index (Phi) is 3.23. The van der Waals surface area contributed by atoms with Crippen LogP contribution in [0.2, 0.25) is 0 Å². The lowest BCUT2D eigenvalue weighted by atomic mass is 9.97. The van der Waals surface area contributed by atoms with Crippen LogP contribution in [-0.2, 0) is 4.79 Å². The SMILES string of the molecule is CC(=O)/C(C)=C(\C)c1ccccc1C. The summed E-state index contributed by atoms with van der Waals surface area (Å²) in [7, 11) is 0. The number of aryl methyl sites for hydroxylation is 1. The molecule has 0 bridgehead atoms. The zero-order chi connectivity index (χ0) is 10.7. The third kappa shape index (κ3) is 2.11. The summed E-state index contributed by atoms with van der Waals surface area (Å²) >= 11 is 0. The van der Waals surface area contributed by atoms with Crippen molar-refractivity contribution in [3.8, 4) is 0 Å². The van der Waals surface area contributed by atoms with E-state index in [4.69, 9.17) is 0 Å². The number of Topliss-reactive ketones (excluding diaryl/α,β-unsaturated/α-hetero) is 1. The van der Waals surface area contributed by atoms with E-state index in [1.165, 1.54) is 11.1 Å². The maximum absolute atomic E-state index is 11.2. The fourth-order valence-corrected chi connectivity index (χ4v) is 1.46. The van der Waals surface area contributed by atoms with Crippen molar-refractivity contribution in [1.82, 2.24) is 0 Å². The highest BCUT2D eigenvalue weighted by molar-refractivity contribution is 6.00. The summed E-state index contributed by atoms with van der Waals surface area (Å²) in [6, 6.07) is 8.12. The molecular weight excluding hydrogens is 172 g/mol. The van der Waals surface area contributed by atoms with Gasteiger partial charge in [-0.2, -0.15) is 0 Å². The fourth-order valence-electron chi connectivity index (χ4n) is 1.46. The number of carbonyl (C=O) groups is 1. The average molecular weight is 188 g/mol. The molecule has 0 unspecified atom stereocenters. The second-order valence-corrected chi connectivity index (χ2v) is 3.62. The minimum absolute atomic E-state index is 0.144. The van der Waals surface area contributed by atoms with Gasteiger partial charge in [0, 0.05) is 0 Å². The second-order valence-electron chi connectivity index (χ2n) is 3.62. The molecule has 0 saturated carbocycles. The third-order valence-electron chi connectivity index (χ3n) is 2.64. The molecule has 1 heteroatoms. The molecule has 1 aromatic carbocycles. The van der Waals surface area contributed by atoms with Crippen molar-refractivity contribution >= 4 is 11.4 Å². The standard InChI is InChI=1S/C13H16O/c1-9-7-5-6-8-13(9)11(3)10(2)12(4)14/h5-8H,1-4H3/b11-10+. The highest BCUT2D eigenvalue weighted by Crippen LogP contribution is 2.21. The van der Waals surface area contributed by atoms with E-state index >= 15 is 0 Å². The summed E-state index contributed by atoms with van der Waals surface area (Å²) in [6.07, 6.45) is 0. The van der Waals surface area contributed by atoms with E-state index in [2.05, 4.69) is 19.1 Å². The van der Waals surface area contributed by atoms with Gasteiger partial charge in [-0.1, -0.05) is 24.3 Å². The molecular formula is C13H16O. The summed E-state index contributed by atoms with van der Waals surface area (Å²) in [6.45, 7) is 7.55. The van der Waals surface area contributed by atoms with Gasteiger partial charge in [-0.25, -0.2) is 0 Å². The summed E-state index contributed by atoms with van der Waals surface area (Å²) in [5.74, 6) is 0.144. The van der Waals surface area contributed by atoms with Gasteiger partial charge in [-0.3, -0.25) is 4.79 Å². The van der Waals surface area contributed by atoms with Gasteiger partial charge < -0.3 is 0 Å². The topological polar surface area (TPSA) is 17.1 Å². The number of hydrogen-bond donors (Lipinski definition) is 0. The van der Waals surface area contributed by atoms with Crippen LogP contribution in [0.1, 0.15) is 31.9 Å². The van der Waals surface area contributed by atoms with Crippen molar-refractivity contribution in [1.29, 1.82) is 0 Å². The second kappa shape index (κ2) is 4.23. The number of benzene rings is 1. The molecule has 1 nitrogen and oxygen atoms in total. The Hall–Kier alpha value is -1.37. The van der Waals surface area contributed by atoms with Crippen molar-refractivity contribution in [3.63, 3.8) is 0 Å². The van der Waals surface area contributed by atoms with Gasteiger partial charge in [-0.15, -0.1) is 0 Å². The largest absolute Gasteiger partial charge is 0.295 e. The summed E-state index contributed by atoms with van der Waals surface area (Å²) in [4.78, 5) is 11.2. The van der Waals surface area contributed by atoms with E-state index in [9.17, 15) is 4.79 Å². The van der Waals surface area contributed by atoms with Gasteiger partial charge in [0.15, 0.2) is 5.78 Å². The highest BCUT2D eigenvalue weighted by Gasteiger charge is 2.05. The number of ketones is 1. The van der Waals surface area contributed by atoms with Crippen LogP contribution in [0.3, 0.4) is 0 Å². The van der Waals surface area contributed by atoms with Crippen molar-refractivity contribution < 1.29 is 4.79 Å². The quantitative estimate of drug-likeness (QED) is 0.650. The molecule has 0 N–H and O–H groups in total. The first-order chi connectivity index (χ1) is 6.54. The number of hydrogen-bond acceptors (Lipinski definition) is 1. The Bertz CT molecular complexity index is 386. The summed E-state index contributed by atoms with van der Waals surface area (Å²) < 4.78 is 0. The summed E-state index contributed by atoms with van der Waals surface area (Å²) in [5, 5.41) is 0. The van der Waals surface area contributed by atoms with Crippen molar-refractivity contribution in [3.05, 3.63) is 41.0 Å². The van der Waals surface area contributed by atoms with Gasteiger partial charge in [0.1, 0.15) is 0 Å². The van der Waals surface area contributed by atoms with Crippen molar-refractivity contribution in [2.45, 2.75) is 27.7 Å². The highest BCUT2D eigenvalue weighted by atomic mass is 16.1. The molecule has 0 heterocycles. The Labute approximate surface area is 85.5 Å². The Morgan fingerprint density at radius 2 is 1.64 bits per heavy atom. The number of allylic oxidation sites excluding steroid dienone is 2. The first kappa shape index (κ1) is 10.7. The lowest BCUT2D eigenvalue weighted by molar-refractivity contribution is -0.113. The Morgan fingerprint density at radius 1 is 1.07 bits per heavy atom. The third-order valence-corrected chi connectivity index (χ3v) is 2.64. The van der Waals surface area contributed by atoms with Crippen LogP contribution in [0.25, 0.3) is 5.57 Å². The molecule has 0 spiro atoms. The van der Waals surface area contributed by atoms with E-state index in [0.29, 0.717) is 0 Å².